The Hall–Kier alpha value is -3.99. The van der Waals surface area contributed by atoms with E-state index in [0.717, 1.165) is 23.5 Å². The smallest absolute Gasteiger partial charge is 0.258 e. The molecule has 1 fully saturated rings. The van der Waals surface area contributed by atoms with E-state index in [9.17, 15) is 22.8 Å². The summed E-state index contributed by atoms with van der Waals surface area (Å²) >= 11 is 0. The number of amides is 2. The number of nitrogens with zero attached hydrogens (tertiary/aromatic N) is 3. The molecule has 0 aliphatic carbocycles. The van der Waals surface area contributed by atoms with Crippen molar-refractivity contribution in [3.05, 3.63) is 77.1 Å². The zero-order valence-electron chi connectivity index (χ0n) is 21.1. The zero-order chi connectivity index (χ0) is 27.7. The van der Waals surface area contributed by atoms with E-state index in [1.165, 1.54) is 20.3 Å². The van der Waals surface area contributed by atoms with Crippen LogP contribution in [0.25, 0.3) is 11.1 Å². The van der Waals surface area contributed by atoms with E-state index in [0.29, 0.717) is 36.8 Å². The molecule has 200 valence electrons. The van der Waals surface area contributed by atoms with Crippen molar-refractivity contribution in [3.63, 3.8) is 0 Å². The molecule has 1 aromatic heterocycles. The molecule has 38 heavy (non-hydrogen) atoms. The van der Waals surface area contributed by atoms with E-state index in [1.54, 1.807) is 12.3 Å². The van der Waals surface area contributed by atoms with Crippen molar-refractivity contribution in [1.29, 1.82) is 0 Å². The Balaban J connectivity index is 1.70. The zero-order valence-corrected chi connectivity index (χ0v) is 21.1. The summed E-state index contributed by atoms with van der Waals surface area (Å²) in [5, 5.41) is 2.57. The Bertz CT molecular complexity index is 1360. The SMILES string of the molecule is C[C@@H]1C[C@H](N)CN(c2ccncc2NC(=O)c2ccc(F)c(-c3c(F)cc(C(=O)N(C)C)cc3F)c2F)C1. The third-order valence-electron chi connectivity index (χ3n) is 6.36. The average Bonchev–Trinajstić information content (AvgIpc) is 2.84. The molecule has 3 N–H and O–H groups in total. The summed E-state index contributed by atoms with van der Waals surface area (Å²) in [6, 6.07) is 4.64. The quantitative estimate of drug-likeness (QED) is 0.477. The second kappa shape index (κ2) is 10.8. The maximum absolute atomic E-state index is 15.5. The number of halogens is 4. The highest BCUT2D eigenvalue weighted by Crippen LogP contribution is 2.34. The molecule has 2 atom stereocenters. The largest absolute Gasteiger partial charge is 0.368 e. The van der Waals surface area contributed by atoms with Gasteiger partial charge in [-0.1, -0.05) is 6.92 Å². The van der Waals surface area contributed by atoms with Gasteiger partial charge in [-0.05, 0) is 42.7 Å². The molecule has 2 heterocycles. The molecule has 0 saturated carbocycles. The van der Waals surface area contributed by atoms with Crippen LogP contribution in [0.5, 0.6) is 0 Å². The lowest BCUT2D eigenvalue weighted by molar-refractivity contribution is 0.0826. The van der Waals surface area contributed by atoms with Crippen LogP contribution in [0.4, 0.5) is 28.9 Å². The first-order valence-corrected chi connectivity index (χ1v) is 11.9. The predicted octanol–water partition coefficient (Wildman–Crippen LogP) is 4.43. The molecule has 11 heteroatoms. The minimum absolute atomic E-state index is 0.0724. The topological polar surface area (TPSA) is 91.6 Å². The summed E-state index contributed by atoms with van der Waals surface area (Å²) < 4.78 is 60.1. The van der Waals surface area contributed by atoms with Crippen molar-refractivity contribution < 1.29 is 27.2 Å². The van der Waals surface area contributed by atoms with E-state index in [2.05, 4.69) is 17.2 Å². The maximum atomic E-state index is 15.5. The Kier molecular flexibility index (Phi) is 7.68. The van der Waals surface area contributed by atoms with Gasteiger partial charge in [0.05, 0.1) is 34.3 Å². The summed E-state index contributed by atoms with van der Waals surface area (Å²) in [6.07, 6.45) is 3.78. The lowest BCUT2D eigenvalue weighted by Crippen LogP contribution is -2.46. The summed E-state index contributed by atoms with van der Waals surface area (Å²) in [7, 11) is 2.78. The Morgan fingerprint density at radius 1 is 1.03 bits per heavy atom. The Morgan fingerprint density at radius 3 is 2.34 bits per heavy atom. The number of pyridine rings is 1. The van der Waals surface area contributed by atoms with Crippen molar-refractivity contribution in [2.45, 2.75) is 19.4 Å². The molecule has 2 amide bonds. The van der Waals surface area contributed by atoms with Crippen molar-refractivity contribution in [3.8, 4) is 11.1 Å². The van der Waals surface area contributed by atoms with Gasteiger partial charge in [0.25, 0.3) is 11.8 Å². The van der Waals surface area contributed by atoms with Crippen molar-refractivity contribution in [2.24, 2.45) is 11.7 Å². The van der Waals surface area contributed by atoms with Gasteiger partial charge in [0.15, 0.2) is 0 Å². The van der Waals surface area contributed by atoms with Gasteiger partial charge in [-0.2, -0.15) is 0 Å². The second-order valence-electron chi connectivity index (χ2n) is 9.65. The molecule has 0 bridgehead atoms. The number of benzene rings is 2. The summed E-state index contributed by atoms with van der Waals surface area (Å²) in [5.74, 6) is -6.79. The highest BCUT2D eigenvalue weighted by molar-refractivity contribution is 6.06. The second-order valence-corrected chi connectivity index (χ2v) is 9.65. The number of rotatable bonds is 5. The van der Waals surface area contributed by atoms with E-state index >= 15 is 4.39 Å². The number of hydrogen-bond donors (Lipinski definition) is 2. The third kappa shape index (κ3) is 5.33. The molecule has 1 aliphatic heterocycles. The standard InChI is InChI=1S/C27H27F4N5O2/c1-14-8-16(32)13-36(12-14)22-6-7-33-11-21(22)34-26(37)17-4-5-18(28)24(25(17)31)23-19(29)9-15(10-20(23)30)27(38)35(2)3/h4-7,9-11,14,16H,8,12-13,32H2,1-3H3,(H,34,37)/t14-,16+/m1/s1. The number of nitrogens with one attached hydrogen (secondary N) is 1. The van der Waals surface area contributed by atoms with Gasteiger partial charge in [0.1, 0.15) is 23.3 Å². The Labute approximate surface area is 217 Å². The number of carbonyl (C=O) groups is 2. The van der Waals surface area contributed by atoms with E-state index in [-0.39, 0.29) is 17.3 Å². The van der Waals surface area contributed by atoms with Gasteiger partial charge in [-0.25, -0.2) is 17.6 Å². The van der Waals surface area contributed by atoms with Gasteiger partial charge in [-0.3, -0.25) is 14.6 Å². The van der Waals surface area contributed by atoms with Crippen LogP contribution in [-0.4, -0.2) is 54.9 Å². The predicted molar refractivity (Wildman–Crippen MR) is 136 cm³/mol. The van der Waals surface area contributed by atoms with Crippen LogP contribution in [-0.2, 0) is 0 Å². The average molecular weight is 530 g/mol. The van der Waals surface area contributed by atoms with Crippen molar-refractivity contribution in [1.82, 2.24) is 9.88 Å². The maximum Gasteiger partial charge on any atom is 0.258 e. The monoisotopic (exact) mass is 529 g/mol. The van der Waals surface area contributed by atoms with Crippen LogP contribution >= 0.6 is 0 Å². The number of nitrogens with two attached hydrogens (primary N) is 1. The summed E-state index contributed by atoms with van der Waals surface area (Å²) in [6.45, 7) is 3.28. The molecule has 0 radical (unpaired) electrons. The molecule has 2 aromatic carbocycles. The summed E-state index contributed by atoms with van der Waals surface area (Å²) in [5.41, 5.74) is 4.00. The van der Waals surface area contributed by atoms with Crippen molar-refractivity contribution >= 4 is 23.2 Å². The first-order chi connectivity index (χ1) is 18.0. The fourth-order valence-electron chi connectivity index (χ4n) is 4.70. The highest BCUT2D eigenvalue weighted by atomic mass is 19.1. The van der Waals surface area contributed by atoms with Gasteiger partial charge in [0, 0.05) is 45.0 Å². The molecule has 0 spiro atoms. The number of aromatic nitrogens is 1. The minimum Gasteiger partial charge on any atom is -0.368 e. The lowest BCUT2D eigenvalue weighted by atomic mass is 9.96. The van der Waals surface area contributed by atoms with Gasteiger partial charge in [-0.15, -0.1) is 0 Å². The highest BCUT2D eigenvalue weighted by Gasteiger charge is 2.28. The molecule has 1 saturated heterocycles. The number of piperidine rings is 1. The van der Waals surface area contributed by atoms with E-state index < -0.39 is 51.8 Å². The molecular formula is C27H27F4N5O2. The van der Waals surface area contributed by atoms with Gasteiger partial charge >= 0.3 is 0 Å². The van der Waals surface area contributed by atoms with Crippen molar-refractivity contribution in [2.75, 3.05) is 37.4 Å². The van der Waals surface area contributed by atoms with Crippen LogP contribution < -0.4 is 16.0 Å². The number of hydrogen-bond acceptors (Lipinski definition) is 5. The number of carbonyl (C=O) groups excluding carboxylic acids is 2. The van der Waals surface area contributed by atoms with E-state index in [4.69, 9.17) is 5.73 Å². The Morgan fingerprint density at radius 2 is 1.71 bits per heavy atom. The third-order valence-corrected chi connectivity index (χ3v) is 6.36. The normalized spacial score (nSPS) is 17.3. The molecule has 1 aliphatic rings. The van der Waals surface area contributed by atoms with E-state index in [1.807, 2.05) is 4.90 Å². The fourth-order valence-corrected chi connectivity index (χ4v) is 4.70. The first-order valence-electron chi connectivity index (χ1n) is 11.9. The van der Waals surface area contributed by atoms with Crippen LogP contribution in [0, 0.1) is 29.2 Å². The van der Waals surface area contributed by atoms with Gasteiger partial charge in [0.2, 0.25) is 0 Å². The lowest BCUT2D eigenvalue weighted by Gasteiger charge is -2.37. The number of anilines is 2. The van der Waals surface area contributed by atoms with Crippen LogP contribution in [0.3, 0.4) is 0 Å². The van der Waals surface area contributed by atoms with Crippen LogP contribution in [0.2, 0.25) is 0 Å². The molecule has 7 nitrogen and oxygen atoms in total. The molecule has 0 unspecified atom stereocenters. The minimum atomic E-state index is -1.45. The molecule has 3 aromatic rings. The molecule has 4 rings (SSSR count). The first kappa shape index (κ1) is 27.1. The van der Waals surface area contributed by atoms with Crippen LogP contribution in [0.1, 0.15) is 34.1 Å². The molecular weight excluding hydrogens is 502 g/mol. The summed E-state index contributed by atoms with van der Waals surface area (Å²) in [4.78, 5) is 32.3. The fraction of sp³-hybridized carbons (Fsp3) is 0.296. The van der Waals surface area contributed by atoms with Crippen LogP contribution in [0.15, 0.2) is 42.7 Å². The van der Waals surface area contributed by atoms with Gasteiger partial charge < -0.3 is 20.9 Å².